The van der Waals surface area contributed by atoms with Crippen LogP contribution in [-0.2, 0) is 9.59 Å². The first-order chi connectivity index (χ1) is 12.5. The summed E-state index contributed by atoms with van der Waals surface area (Å²) in [5.74, 6) is -1.37. The predicted molar refractivity (Wildman–Crippen MR) is 108 cm³/mol. The summed E-state index contributed by atoms with van der Waals surface area (Å²) >= 11 is 0. The van der Waals surface area contributed by atoms with Crippen molar-refractivity contribution in [3.8, 4) is 0 Å². The van der Waals surface area contributed by atoms with Crippen LogP contribution < -0.4 is 5.32 Å². The van der Waals surface area contributed by atoms with E-state index in [0.717, 1.165) is 25.8 Å². The summed E-state index contributed by atoms with van der Waals surface area (Å²) in [6.07, 6.45) is 14.0. The molecule has 0 heterocycles. The Bertz CT molecular complexity index is 359. The van der Waals surface area contributed by atoms with Crippen LogP contribution in [0.1, 0.15) is 90.4 Å². The van der Waals surface area contributed by atoms with Gasteiger partial charge in [-0.3, -0.25) is 9.59 Å². The zero-order chi connectivity index (χ0) is 19.6. The van der Waals surface area contributed by atoms with Crippen molar-refractivity contribution in [1.82, 2.24) is 10.2 Å². The molecule has 0 saturated heterocycles. The van der Waals surface area contributed by atoms with Gasteiger partial charge in [-0.15, -0.1) is 0 Å². The van der Waals surface area contributed by atoms with E-state index in [9.17, 15) is 9.59 Å². The van der Waals surface area contributed by atoms with Crippen LogP contribution in [0.2, 0.25) is 0 Å². The smallest absolute Gasteiger partial charge is 0.304 e. The normalized spacial score (nSPS) is 12.3. The fourth-order valence-corrected chi connectivity index (χ4v) is 3.17. The molecule has 0 aromatic carbocycles. The van der Waals surface area contributed by atoms with Gasteiger partial charge in [0.05, 0.1) is 6.42 Å². The summed E-state index contributed by atoms with van der Waals surface area (Å²) in [4.78, 5) is 25.3. The van der Waals surface area contributed by atoms with E-state index in [1.54, 1.807) is 0 Å². The minimum absolute atomic E-state index is 0.0586. The molecule has 0 rings (SSSR count). The van der Waals surface area contributed by atoms with Crippen LogP contribution in [-0.4, -0.2) is 49.1 Å². The molecule has 0 aliphatic heterocycles. The lowest BCUT2D eigenvalue weighted by atomic mass is 9.96. The number of carboxylic acid groups (broad SMARTS) is 1. The van der Waals surface area contributed by atoms with Gasteiger partial charge in [0.25, 0.3) is 0 Å². The summed E-state index contributed by atoms with van der Waals surface area (Å²) in [5.41, 5.74) is 0. The monoisotopic (exact) mass is 370 g/mol. The molecule has 1 unspecified atom stereocenters. The van der Waals surface area contributed by atoms with Gasteiger partial charge in [-0.05, 0) is 33.5 Å². The SMILES string of the molecule is CCCCCCCCCCCCC(CC(=O)O)C(=O)NCCCN(C)C. The number of carbonyl (C=O) groups is 2. The fourth-order valence-electron chi connectivity index (χ4n) is 3.17. The highest BCUT2D eigenvalue weighted by atomic mass is 16.4. The van der Waals surface area contributed by atoms with E-state index in [1.807, 2.05) is 14.1 Å². The fraction of sp³-hybridized carbons (Fsp3) is 0.905. The second kappa shape index (κ2) is 17.3. The third-order valence-corrected chi connectivity index (χ3v) is 4.78. The quantitative estimate of drug-likeness (QED) is 0.350. The minimum Gasteiger partial charge on any atom is -0.481 e. The molecule has 1 amide bonds. The lowest BCUT2D eigenvalue weighted by Gasteiger charge is -2.16. The van der Waals surface area contributed by atoms with Gasteiger partial charge in [-0.1, -0.05) is 71.1 Å². The average Bonchev–Trinajstić information content (AvgIpc) is 2.58. The van der Waals surface area contributed by atoms with Gasteiger partial charge in [0.15, 0.2) is 0 Å². The zero-order valence-electron chi connectivity index (χ0n) is 17.4. The number of hydrogen-bond donors (Lipinski definition) is 2. The zero-order valence-corrected chi connectivity index (χ0v) is 17.4. The Balaban J connectivity index is 3.82. The van der Waals surface area contributed by atoms with Crippen LogP contribution in [0.4, 0.5) is 0 Å². The molecule has 0 saturated carbocycles. The molecule has 0 aliphatic rings. The molecule has 0 radical (unpaired) electrons. The minimum atomic E-state index is -0.884. The molecule has 0 aromatic rings. The van der Waals surface area contributed by atoms with E-state index >= 15 is 0 Å². The lowest BCUT2D eigenvalue weighted by Crippen LogP contribution is -2.33. The van der Waals surface area contributed by atoms with Crippen molar-refractivity contribution >= 4 is 11.9 Å². The molecule has 1 atom stereocenters. The molecule has 154 valence electrons. The highest BCUT2D eigenvalue weighted by Crippen LogP contribution is 2.16. The standard InChI is InChI=1S/C21H42N2O3/c1-4-5-6-7-8-9-10-11-12-13-15-19(18-20(24)25)21(26)22-16-14-17-23(2)3/h19H,4-18H2,1-3H3,(H,22,26)(H,24,25). The van der Waals surface area contributed by atoms with Gasteiger partial charge in [0.2, 0.25) is 5.91 Å². The van der Waals surface area contributed by atoms with Gasteiger partial charge < -0.3 is 15.3 Å². The second-order valence-electron chi connectivity index (χ2n) is 7.71. The van der Waals surface area contributed by atoms with Crippen LogP contribution >= 0.6 is 0 Å². The number of unbranched alkanes of at least 4 members (excludes halogenated alkanes) is 9. The Morgan fingerprint density at radius 2 is 1.42 bits per heavy atom. The van der Waals surface area contributed by atoms with Crippen molar-refractivity contribution in [2.24, 2.45) is 5.92 Å². The highest BCUT2D eigenvalue weighted by Gasteiger charge is 2.20. The summed E-state index contributed by atoms with van der Waals surface area (Å²) in [7, 11) is 4.00. The van der Waals surface area contributed by atoms with Gasteiger partial charge >= 0.3 is 5.97 Å². The number of rotatable bonds is 18. The van der Waals surface area contributed by atoms with Crippen molar-refractivity contribution in [3.63, 3.8) is 0 Å². The lowest BCUT2D eigenvalue weighted by molar-refractivity contribution is -0.141. The maximum atomic E-state index is 12.2. The van der Waals surface area contributed by atoms with Crippen molar-refractivity contribution in [3.05, 3.63) is 0 Å². The maximum Gasteiger partial charge on any atom is 0.304 e. The van der Waals surface area contributed by atoms with Crippen molar-refractivity contribution in [2.75, 3.05) is 27.2 Å². The second-order valence-corrected chi connectivity index (χ2v) is 7.71. The van der Waals surface area contributed by atoms with Crippen LogP contribution in [0, 0.1) is 5.92 Å². The molecule has 26 heavy (non-hydrogen) atoms. The summed E-state index contributed by atoms with van der Waals surface area (Å²) in [5, 5.41) is 12.0. The molecule has 5 heteroatoms. The number of aliphatic carboxylic acids is 1. The third kappa shape index (κ3) is 16.4. The number of nitrogens with zero attached hydrogens (tertiary/aromatic N) is 1. The molecular formula is C21H42N2O3. The van der Waals surface area contributed by atoms with E-state index in [4.69, 9.17) is 5.11 Å². The third-order valence-electron chi connectivity index (χ3n) is 4.78. The number of carbonyl (C=O) groups excluding carboxylic acids is 1. The van der Waals surface area contributed by atoms with Crippen molar-refractivity contribution in [1.29, 1.82) is 0 Å². The van der Waals surface area contributed by atoms with E-state index < -0.39 is 5.97 Å². The van der Waals surface area contributed by atoms with Gasteiger partial charge in [-0.2, -0.15) is 0 Å². The van der Waals surface area contributed by atoms with Crippen LogP contribution in [0.5, 0.6) is 0 Å². The Kier molecular flexibility index (Phi) is 16.6. The number of amides is 1. The van der Waals surface area contributed by atoms with E-state index in [0.29, 0.717) is 13.0 Å². The van der Waals surface area contributed by atoms with Crippen molar-refractivity contribution in [2.45, 2.75) is 90.4 Å². The number of carboxylic acids is 1. The van der Waals surface area contributed by atoms with Crippen LogP contribution in [0.25, 0.3) is 0 Å². The van der Waals surface area contributed by atoms with Gasteiger partial charge in [0.1, 0.15) is 0 Å². The molecule has 0 bridgehead atoms. The maximum absolute atomic E-state index is 12.2. The molecule has 0 fully saturated rings. The summed E-state index contributed by atoms with van der Waals surface area (Å²) in [6, 6.07) is 0. The summed E-state index contributed by atoms with van der Waals surface area (Å²) < 4.78 is 0. The van der Waals surface area contributed by atoms with E-state index in [2.05, 4.69) is 17.1 Å². The highest BCUT2D eigenvalue weighted by molar-refractivity contribution is 5.83. The first kappa shape index (κ1) is 24.9. The Morgan fingerprint density at radius 3 is 1.92 bits per heavy atom. The number of hydrogen-bond acceptors (Lipinski definition) is 3. The Morgan fingerprint density at radius 1 is 0.885 bits per heavy atom. The topological polar surface area (TPSA) is 69.6 Å². The first-order valence-electron chi connectivity index (χ1n) is 10.6. The van der Waals surface area contributed by atoms with E-state index in [-0.39, 0.29) is 18.2 Å². The largest absolute Gasteiger partial charge is 0.481 e. The Hall–Kier alpha value is -1.10. The van der Waals surface area contributed by atoms with E-state index in [1.165, 1.54) is 51.4 Å². The van der Waals surface area contributed by atoms with Gasteiger partial charge in [0, 0.05) is 12.5 Å². The van der Waals surface area contributed by atoms with Crippen LogP contribution in [0.15, 0.2) is 0 Å². The molecule has 5 nitrogen and oxygen atoms in total. The molecule has 0 aliphatic carbocycles. The first-order valence-corrected chi connectivity index (χ1v) is 10.6. The predicted octanol–water partition coefficient (Wildman–Crippen LogP) is 4.46. The van der Waals surface area contributed by atoms with Gasteiger partial charge in [-0.25, -0.2) is 0 Å². The number of nitrogens with one attached hydrogen (secondary N) is 1. The molecule has 2 N–H and O–H groups in total. The van der Waals surface area contributed by atoms with Crippen LogP contribution in [0.3, 0.4) is 0 Å². The Labute approximate surface area is 160 Å². The van der Waals surface area contributed by atoms with Crippen molar-refractivity contribution < 1.29 is 14.7 Å². The molecule has 0 spiro atoms. The average molecular weight is 371 g/mol. The molecule has 0 aromatic heterocycles. The molecular weight excluding hydrogens is 328 g/mol. The summed E-state index contributed by atoms with van der Waals surface area (Å²) in [6.45, 7) is 3.77.